The zero-order chi connectivity index (χ0) is 16.4. The fourth-order valence-electron chi connectivity index (χ4n) is 3.02. The Labute approximate surface area is 139 Å². The number of ether oxygens (including phenoxy) is 2. The first-order valence-electron chi connectivity index (χ1n) is 7.91. The molecular weight excluding hydrogens is 308 g/mol. The Morgan fingerprint density at radius 1 is 1.25 bits per heavy atom. The molecule has 24 heavy (non-hydrogen) atoms. The molecule has 0 amide bonds. The van der Waals surface area contributed by atoms with Crippen LogP contribution >= 0.6 is 0 Å². The molecule has 2 atom stereocenters. The second-order valence-electron chi connectivity index (χ2n) is 5.71. The number of nitrogens with zero attached hydrogens (tertiary/aromatic N) is 4. The largest absolute Gasteiger partial charge is 0.496 e. The molecule has 0 N–H and O–H groups in total. The molecule has 0 unspecified atom stereocenters. The van der Waals surface area contributed by atoms with Crippen molar-refractivity contribution in [2.75, 3.05) is 13.7 Å². The number of para-hydroxylation sites is 1. The van der Waals surface area contributed by atoms with Crippen molar-refractivity contribution in [3.63, 3.8) is 0 Å². The third-order valence-corrected chi connectivity index (χ3v) is 4.22. The van der Waals surface area contributed by atoms with Crippen LogP contribution in [0.2, 0.25) is 0 Å². The molecule has 0 saturated carbocycles. The van der Waals surface area contributed by atoms with Gasteiger partial charge in [0.05, 0.1) is 12.7 Å². The number of hydrogen-bond donors (Lipinski definition) is 0. The maximum Gasteiger partial charge on any atom is 0.251 e. The van der Waals surface area contributed by atoms with E-state index in [1.807, 2.05) is 41.2 Å². The predicted octanol–water partition coefficient (Wildman–Crippen LogP) is 2.72. The minimum Gasteiger partial charge on any atom is -0.496 e. The summed E-state index contributed by atoms with van der Waals surface area (Å²) in [5, 5.41) is 12.6. The van der Waals surface area contributed by atoms with E-state index in [4.69, 9.17) is 13.9 Å². The summed E-state index contributed by atoms with van der Waals surface area (Å²) in [6, 6.07) is 9.49. The maximum atomic E-state index is 5.89. The lowest BCUT2D eigenvalue weighted by Gasteiger charge is -2.14. The van der Waals surface area contributed by atoms with Crippen LogP contribution in [0.1, 0.15) is 18.4 Å². The molecule has 0 radical (unpaired) electrons. The Morgan fingerprint density at radius 3 is 3.00 bits per heavy atom. The topological polar surface area (TPSA) is 75.2 Å². The van der Waals surface area contributed by atoms with Gasteiger partial charge in [-0.1, -0.05) is 12.1 Å². The molecule has 7 heteroatoms. The number of aromatic nitrogens is 4. The second kappa shape index (κ2) is 6.45. The van der Waals surface area contributed by atoms with Gasteiger partial charge in [-0.25, -0.2) is 0 Å². The molecule has 1 saturated heterocycles. The van der Waals surface area contributed by atoms with Crippen LogP contribution in [0.5, 0.6) is 5.75 Å². The van der Waals surface area contributed by atoms with Crippen LogP contribution in [-0.4, -0.2) is 33.7 Å². The van der Waals surface area contributed by atoms with Gasteiger partial charge in [-0.2, -0.15) is 5.10 Å². The summed E-state index contributed by atoms with van der Waals surface area (Å²) in [4.78, 5) is 0. The van der Waals surface area contributed by atoms with Crippen molar-refractivity contribution in [2.24, 2.45) is 5.92 Å². The Balaban J connectivity index is 1.57. The van der Waals surface area contributed by atoms with Crippen LogP contribution in [0, 0.1) is 5.92 Å². The van der Waals surface area contributed by atoms with E-state index in [0.717, 1.165) is 18.5 Å². The van der Waals surface area contributed by atoms with Crippen LogP contribution in [0.4, 0.5) is 0 Å². The lowest BCUT2D eigenvalue weighted by Crippen LogP contribution is -2.15. The lowest BCUT2D eigenvalue weighted by molar-refractivity contribution is 0.0633. The average molecular weight is 326 g/mol. The first-order valence-corrected chi connectivity index (χ1v) is 7.91. The quantitative estimate of drug-likeness (QED) is 0.717. The first kappa shape index (κ1) is 14.9. The highest BCUT2D eigenvalue weighted by Crippen LogP contribution is 2.37. The molecule has 1 aliphatic rings. The molecule has 0 bridgehead atoms. The fraction of sp³-hybridized carbons (Fsp3) is 0.353. The van der Waals surface area contributed by atoms with E-state index in [2.05, 4.69) is 15.3 Å². The van der Waals surface area contributed by atoms with Crippen molar-refractivity contribution in [3.05, 3.63) is 48.6 Å². The van der Waals surface area contributed by atoms with E-state index in [9.17, 15) is 0 Å². The third-order valence-electron chi connectivity index (χ3n) is 4.22. The minimum absolute atomic E-state index is 0.204. The molecule has 1 fully saturated rings. The Bertz CT molecular complexity index is 800. The summed E-state index contributed by atoms with van der Waals surface area (Å²) in [6.07, 6.45) is 4.46. The zero-order valence-electron chi connectivity index (χ0n) is 13.3. The fourth-order valence-corrected chi connectivity index (χ4v) is 3.02. The van der Waals surface area contributed by atoms with Gasteiger partial charge in [0, 0.05) is 31.5 Å². The minimum atomic E-state index is -0.204. The van der Waals surface area contributed by atoms with Crippen molar-refractivity contribution in [2.45, 2.75) is 19.1 Å². The molecule has 4 rings (SSSR count). The highest BCUT2D eigenvalue weighted by molar-refractivity contribution is 5.62. The molecular formula is C17H18N4O3. The monoisotopic (exact) mass is 326 g/mol. The van der Waals surface area contributed by atoms with Gasteiger partial charge in [-0.15, -0.1) is 10.2 Å². The van der Waals surface area contributed by atoms with Crippen LogP contribution in [0.25, 0.3) is 11.5 Å². The summed E-state index contributed by atoms with van der Waals surface area (Å²) >= 11 is 0. The van der Waals surface area contributed by atoms with E-state index in [1.54, 1.807) is 13.3 Å². The second-order valence-corrected chi connectivity index (χ2v) is 5.71. The van der Waals surface area contributed by atoms with Gasteiger partial charge in [0.1, 0.15) is 11.9 Å². The smallest absolute Gasteiger partial charge is 0.251 e. The van der Waals surface area contributed by atoms with Crippen molar-refractivity contribution < 1.29 is 13.9 Å². The van der Waals surface area contributed by atoms with E-state index < -0.39 is 0 Å². The molecule has 0 spiro atoms. The average Bonchev–Trinajstić information content (AvgIpc) is 3.36. The van der Waals surface area contributed by atoms with Crippen LogP contribution in [0.3, 0.4) is 0 Å². The summed E-state index contributed by atoms with van der Waals surface area (Å²) in [5.74, 6) is 1.91. The molecule has 7 nitrogen and oxygen atoms in total. The van der Waals surface area contributed by atoms with E-state index >= 15 is 0 Å². The van der Waals surface area contributed by atoms with Gasteiger partial charge in [-0.05, 0) is 24.6 Å². The van der Waals surface area contributed by atoms with Gasteiger partial charge in [0.2, 0.25) is 5.89 Å². The molecule has 2 aromatic heterocycles. The van der Waals surface area contributed by atoms with Crippen molar-refractivity contribution in [3.8, 4) is 17.2 Å². The Hall–Kier alpha value is -2.67. The van der Waals surface area contributed by atoms with Gasteiger partial charge in [-0.3, -0.25) is 4.68 Å². The van der Waals surface area contributed by atoms with Crippen molar-refractivity contribution in [1.82, 2.24) is 20.0 Å². The predicted molar refractivity (Wildman–Crippen MR) is 85.3 cm³/mol. The highest BCUT2D eigenvalue weighted by atomic mass is 16.5. The molecule has 3 heterocycles. The molecule has 1 aliphatic heterocycles. The Kier molecular flexibility index (Phi) is 4.00. The van der Waals surface area contributed by atoms with E-state index in [1.165, 1.54) is 0 Å². The summed E-state index contributed by atoms with van der Waals surface area (Å²) < 4.78 is 19.0. The lowest BCUT2D eigenvalue weighted by atomic mass is 10.0. The maximum absolute atomic E-state index is 5.89. The van der Waals surface area contributed by atoms with Crippen LogP contribution in [0.15, 0.2) is 47.1 Å². The zero-order valence-corrected chi connectivity index (χ0v) is 13.3. The number of rotatable bonds is 5. The van der Waals surface area contributed by atoms with Crippen LogP contribution < -0.4 is 4.74 Å². The van der Waals surface area contributed by atoms with E-state index in [0.29, 0.717) is 24.1 Å². The summed E-state index contributed by atoms with van der Waals surface area (Å²) in [6.45, 7) is 1.45. The van der Waals surface area contributed by atoms with Gasteiger partial charge < -0.3 is 13.9 Å². The van der Waals surface area contributed by atoms with Gasteiger partial charge >= 0.3 is 0 Å². The van der Waals surface area contributed by atoms with Crippen molar-refractivity contribution >= 4 is 0 Å². The van der Waals surface area contributed by atoms with E-state index in [-0.39, 0.29) is 12.0 Å². The number of benzene rings is 1. The van der Waals surface area contributed by atoms with Crippen molar-refractivity contribution in [1.29, 1.82) is 0 Å². The SMILES string of the molecule is COc1ccccc1-c1nnc([C@H]2OCC[C@H]2Cn2cccn2)o1. The highest BCUT2D eigenvalue weighted by Gasteiger charge is 2.34. The normalized spacial score (nSPS) is 20.4. The molecule has 3 aromatic rings. The molecule has 124 valence electrons. The number of hydrogen-bond acceptors (Lipinski definition) is 6. The summed E-state index contributed by atoms with van der Waals surface area (Å²) in [7, 11) is 1.62. The van der Waals surface area contributed by atoms with Gasteiger partial charge in [0.15, 0.2) is 0 Å². The molecule has 0 aliphatic carbocycles. The standard InChI is InChI=1S/C17H18N4O3/c1-22-14-6-3-2-5-13(14)16-19-20-17(24-16)15-12(7-10-23-15)11-21-9-4-8-18-21/h2-6,8-9,12,15H,7,10-11H2,1H3/t12-,15-/m0/s1. The number of methoxy groups -OCH3 is 1. The molecule has 1 aromatic carbocycles. The third kappa shape index (κ3) is 2.78. The Morgan fingerprint density at radius 2 is 2.17 bits per heavy atom. The van der Waals surface area contributed by atoms with Crippen LogP contribution in [-0.2, 0) is 11.3 Å². The summed E-state index contributed by atoms with van der Waals surface area (Å²) in [5.41, 5.74) is 0.778. The van der Waals surface area contributed by atoms with Gasteiger partial charge in [0.25, 0.3) is 5.89 Å². The first-order chi connectivity index (χ1) is 11.8.